The van der Waals surface area contributed by atoms with Crippen LogP contribution in [0.2, 0.25) is 5.02 Å². The third kappa shape index (κ3) is 3.11. The van der Waals surface area contributed by atoms with Gasteiger partial charge in [-0.15, -0.1) is 0 Å². The molecule has 0 aliphatic carbocycles. The Bertz CT molecular complexity index is 542. The van der Waals surface area contributed by atoms with Gasteiger partial charge in [-0.25, -0.2) is 4.68 Å². The van der Waals surface area contributed by atoms with Gasteiger partial charge in [0.15, 0.2) is 0 Å². The lowest BCUT2D eigenvalue weighted by atomic mass is 10.2. The molecule has 0 aliphatic rings. The van der Waals surface area contributed by atoms with Crippen molar-refractivity contribution < 1.29 is 4.79 Å². The summed E-state index contributed by atoms with van der Waals surface area (Å²) < 4.78 is 1.68. The van der Waals surface area contributed by atoms with E-state index in [2.05, 4.69) is 26.3 Å². The lowest BCUT2D eigenvalue weighted by Gasteiger charge is -2.11. The molecule has 2 rings (SSSR count). The van der Waals surface area contributed by atoms with Crippen LogP contribution < -0.4 is 5.32 Å². The first-order chi connectivity index (χ1) is 8.70. The minimum absolute atomic E-state index is 0.0671. The molecule has 1 N–H and O–H groups in total. The molecule has 0 aliphatic heterocycles. The minimum atomic E-state index is -0.0671. The van der Waals surface area contributed by atoms with E-state index in [4.69, 9.17) is 11.6 Å². The number of hydrogen-bond donors (Lipinski definition) is 1. The normalized spacial score (nSPS) is 10.3. The first-order valence-electron chi connectivity index (χ1n) is 5.36. The summed E-state index contributed by atoms with van der Waals surface area (Å²) in [6.45, 7) is 0. The van der Waals surface area contributed by atoms with Crippen LogP contribution in [-0.4, -0.2) is 21.0 Å². The van der Waals surface area contributed by atoms with Gasteiger partial charge in [0.25, 0.3) is 0 Å². The second kappa shape index (κ2) is 6.02. The van der Waals surface area contributed by atoms with Crippen molar-refractivity contribution in [2.24, 2.45) is 0 Å². The van der Waals surface area contributed by atoms with Crippen LogP contribution in [0.3, 0.4) is 0 Å². The monoisotopic (exact) mass is 327 g/mol. The van der Waals surface area contributed by atoms with Crippen molar-refractivity contribution in [1.29, 1.82) is 0 Å². The Kier molecular flexibility index (Phi) is 4.38. The number of amides is 1. The lowest BCUT2D eigenvalue weighted by Crippen LogP contribution is -2.13. The Morgan fingerprint density at radius 2 is 2.33 bits per heavy atom. The number of aromatic nitrogens is 2. The fourth-order valence-corrected chi connectivity index (χ4v) is 2.05. The van der Waals surface area contributed by atoms with E-state index in [1.54, 1.807) is 23.0 Å². The molecule has 94 valence electrons. The summed E-state index contributed by atoms with van der Waals surface area (Å²) in [7, 11) is 0. The zero-order valence-corrected chi connectivity index (χ0v) is 11.8. The third-order valence-electron chi connectivity index (χ3n) is 2.31. The van der Waals surface area contributed by atoms with E-state index in [-0.39, 0.29) is 5.91 Å². The lowest BCUT2D eigenvalue weighted by molar-refractivity contribution is -0.115. The van der Waals surface area contributed by atoms with Crippen LogP contribution in [0.4, 0.5) is 5.69 Å². The fraction of sp³-hybridized carbons (Fsp3) is 0.167. The van der Waals surface area contributed by atoms with Crippen molar-refractivity contribution in [2.75, 3.05) is 10.6 Å². The number of rotatable bonds is 4. The summed E-state index contributed by atoms with van der Waals surface area (Å²) in [5.41, 5.74) is 1.43. The third-order valence-corrected chi connectivity index (χ3v) is 2.94. The molecular formula is C12H11BrClN3O. The van der Waals surface area contributed by atoms with Crippen molar-refractivity contribution in [3.8, 4) is 5.69 Å². The predicted octanol–water partition coefficient (Wildman–Crippen LogP) is 3.25. The molecule has 0 saturated heterocycles. The molecule has 6 heteroatoms. The van der Waals surface area contributed by atoms with Crippen molar-refractivity contribution in [2.45, 2.75) is 6.42 Å². The summed E-state index contributed by atoms with van der Waals surface area (Å²) >= 11 is 9.18. The minimum Gasteiger partial charge on any atom is -0.324 e. The number of hydrogen-bond acceptors (Lipinski definition) is 2. The molecule has 1 aromatic carbocycles. The van der Waals surface area contributed by atoms with Gasteiger partial charge < -0.3 is 5.32 Å². The van der Waals surface area contributed by atoms with Crippen molar-refractivity contribution in [3.63, 3.8) is 0 Å². The van der Waals surface area contributed by atoms with Crippen LogP contribution >= 0.6 is 27.5 Å². The van der Waals surface area contributed by atoms with E-state index in [9.17, 15) is 4.79 Å². The Hall–Kier alpha value is -1.33. The topological polar surface area (TPSA) is 46.9 Å². The van der Waals surface area contributed by atoms with Crippen molar-refractivity contribution in [3.05, 3.63) is 41.7 Å². The summed E-state index contributed by atoms with van der Waals surface area (Å²) in [6, 6.07) is 7.11. The summed E-state index contributed by atoms with van der Waals surface area (Å²) in [4.78, 5) is 11.6. The maximum atomic E-state index is 11.6. The Morgan fingerprint density at radius 3 is 3.00 bits per heavy atom. The predicted molar refractivity (Wildman–Crippen MR) is 75.6 cm³/mol. The molecule has 0 spiro atoms. The van der Waals surface area contributed by atoms with Crippen LogP contribution in [0.25, 0.3) is 5.69 Å². The Morgan fingerprint density at radius 1 is 1.50 bits per heavy atom. The zero-order valence-electron chi connectivity index (χ0n) is 9.44. The maximum absolute atomic E-state index is 11.6. The summed E-state index contributed by atoms with van der Waals surface area (Å²) in [5.74, 6) is -0.0671. The molecule has 0 atom stereocenters. The number of alkyl halides is 1. The number of anilines is 1. The molecule has 0 saturated carbocycles. The standard InChI is InChI=1S/C12H11BrClN3O/c13-5-4-12(18)16-10-8-9(14)2-3-11(10)17-7-1-6-15-17/h1-3,6-8H,4-5H2,(H,16,18). The van der Waals surface area contributed by atoms with Gasteiger partial charge >= 0.3 is 0 Å². The average Bonchev–Trinajstić information content (AvgIpc) is 2.83. The Labute approximate surface area is 118 Å². The van der Waals surface area contributed by atoms with Crippen LogP contribution in [-0.2, 0) is 4.79 Å². The fourth-order valence-electron chi connectivity index (χ4n) is 1.52. The summed E-state index contributed by atoms with van der Waals surface area (Å²) in [5, 5.41) is 8.16. The molecule has 0 fully saturated rings. The van der Waals surface area contributed by atoms with E-state index < -0.39 is 0 Å². The molecular weight excluding hydrogens is 318 g/mol. The average molecular weight is 329 g/mol. The van der Waals surface area contributed by atoms with Gasteiger partial charge in [0, 0.05) is 29.2 Å². The highest BCUT2D eigenvalue weighted by molar-refractivity contribution is 9.09. The number of benzene rings is 1. The van der Waals surface area contributed by atoms with Crippen molar-refractivity contribution >= 4 is 39.1 Å². The highest BCUT2D eigenvalue weighted by atomic mass is 79.9. The molecule has 2 aromatic rings. The molecule has 1 amide bonds. The van der Waals surface area contributed by atoms with E-state index in [0.717, 1.165) is 5.69 Å². The van der Waals surface area contributed by atoms with Gasteiger partial charge in [-0.05, 0) is 24.3 Å². The number of nitrogens with one attached hydrogen (secondary N) is 1. The number of carbonyl (C=O) groups excluding carboxylic acids is 1. The molecule has 0 radical (unpaired) electrons. The van der Waals surface area contributed by atoms with Crippen LogP contribution in [0, 0.1) is 0 Å². The van der Waals surface area contributed by atoms with Gasteiger partial charge in [0.05, 0.1) is 11.4 Å². The first-order valence-corrected chi connectivity index (χ1v) is 6.86. The Balaban J connectivity index is 2.32. The molecule has 1 aromatic heterocycles. The largest absolute Gasteiger partial charge is 0.324 e. The van der Waals surface area contributed by atoms with E-state index in [1.807, 2.05) is 18.3 Å². The smallest absolute Gasteiger partial charge is 0.225 e. The zero-order chi connectivity index (χ0) is 13.0. The van der Waals surface area contributed by atoms with Crippen LogP contribution in [0.15, 0.2) is 36.7 Å². The molecule has 0 bridgehead atoms. The molecule has 4 nitrogen and oxygen atoms in total. The molecule has 18 heavy (non-hydrogen) atoms. The maximum Gasteiger partial charge on any atom is 0.225 e. The van der Waals surface area contributed by atoms with Crippen molar-refractivity contribution in [1.82, 2.24) is 9.78 Å². The SMILES string of the molecule is O=C(CCBr)Nc1cc(Cl)ccc1-n1cccn1. The first kappa shape index (κ1) is 13.1. The van der Waals surface area contributed by atoms with Gasteiger partial charge in [-0.3, -0.25) is 4.79 Å². The highest BCUT2D eigenvalue weighted by Gasteiger charge is 2.09. The second-order valence-corrected chi connectivity index (χ2v) is 4.83. The number of nitrogens with zero attached hydrogens (tertiary/aromatic N) is 2. The van der Waals surface area contributed by atoms with Gasteiger partial charge in [0.1, 0.15) is 0 Å². The van der Waals surface area contributed by atoms with E-state index >= 15 is 0 Å². The quantitative estimate of drug-likeness (QED) is 0.876. The van der Waals surface area contributed by atoms with Crippen LogP contribution in [0.1, 0.15) is 6.42 Å². The van der Waals surface area contributed by atoms with E-state index in [1.165, 1.54) is 0 Å². The second-order valence-electron chi connectivity index (χ2n) is 3.60. The molecule has 1 heterocycles. The van der Waals surface area contributed by atoms with Gasteiger partial charge in [-0.2, -0.15) is 5.10 Å². The van der Waals surface area contributed by atoms with E-state index in [0.29, 0.717) is 22.5 Å². The van der Waals surface area contributed by atoms with Gasteiger partial charge in [-0.1, -0.05) is 27.5 Å². The summed E-state index contributed by atoms with van der Waals surface area (Å²) in [6.07, 6.45) is 3.90. The molecule has 0 unspecified atom stereocenters. The number of halogens is 2. The number of carbonyl (C=O) groups is 1. The van der Waals surface area contributed by atoms with Gasteiger partial charge in [0.2, 0.25) is 5.91 Å². The highest BCUT2D eigenvalue weighted by Crippen LogP contribution is 2.24. The van der Waals surface area contributed by atoms with Crippen LogP contribution in [0.5, 0.6) is 0 Å².